The van der Waals surface area contributed by atoms with Crippen molar-refractivity contribution in [3.05, 3.63) is 87.9 Å². The topological polar surface area (TPSA) is 92.3 Å². The van der Waals surface area contributed by atoms with Gasteiger partial charge in [0.05, 0.1) is 10.6 Å². The molecule has 34 heavy (non-hydrogen) atoms. The van der Waals surface area contributed by atoms with Crippen molar-refractivity contribution in [3.8, 4) is 10.6 Å². The third-order valence-corrected chi connectivity index (χ3v) is 7.88. The number of halogens is 3. The minimum absolute atomic E-state index is 0.0137. The fraction of sp³-hybridized carbons (Fsp3) is 0.0455. The minimum atomic E-state index is -4.11. The van der Waals surface area contributed by atoms with Crippen molar-refractivity contribution in [1.29, 1.82) is 0 Å². The summed E-state index contributed by atoms with van der Waals surface area (Å²) in [7, 11) is -4.11. The van der Waals surface area contributed by atoms with Crippen LogP contribution in [-0.2, 0) is 14.8 Å². The van der Waals surface area contributed by atoms with Crippen LogP contribution in [0.2, 0.25) is 15.1 Å². The van der Waals surface area contributed by atoms with Crippen molar-refractivity contribution >= 4 is 72.9 Å². The first kappa shape index (κ1) is 24.4. The van der Waals surface area contributed by atoms with Gasteiger partial charge in [0.25, 0.3) is 10.0 Å². The molecule has 3 aromatic carbocycles. The fourth-order valence-electron chi connectivity index (χ4n) is 2.99. The summed E-state index contributed by atoms with van der Waals surface area (Å²) in [4.78, 5) is 12.9. The summed E-state index contributed by atoms with van der Waals surface area (Å²) in [6, 6.07) is 19.1. The molecule has 0 saturated carbocycles. The van der Waals surface area contributed by atoms with Crippen LogP contribution in [0.25, 0.3) is 10.6 Å². The fourth-order valence-corrected chi connectivity index (χ4v) is 5.82. The van der Waals surface area contributed by atoms with Crippen molar-refractivity contribution < 1.29 is 13.2 Å². The molecule has 1 N–H and O–H groups in total. The lowest BCUT2D eigenvalue weighted by Crippen LogP contribution is -2.38. The largest absolute Gasteiger partial charge is 0.299 e. The molecule has 0 bridgehead atoms. The molecule has 1 aromatic heterocycles. The molecule has 0 aliphatic carbocycles. The van der Waals surface area contributed by atoms with E-state index in [4.69, 9.17) is 34.8 Å². The maximum atomic E-state index is 13.4. The van der Waals surface area contributed by atoms with Crippen LogP contribution in [0.3, 0.4) is 0 Å². The molecule has 0 spiro atoms. The van der Waals surface area contributed by atoms with E-state index in [-0.39, 0.29) is 25.8 Å². The maximum absolute atomic E-state index is 13.4. The van der Waals surface area contributed by atoms with E-state index in [0.29, 0.717) is 10.0 Å². The number of carbonyl (C=O) groups is 1. The third kappa shape index (κ3) is 5.68. The summed E-state index contributed by atoms with van der Waals surface area (Å²) < 4.78 is 27.7. The van der Waals surface area contributed by atoms with Crippen LogP contribution in [0.15, 0.2) is 77.7 Å². The number of aromatic nitrogens is 2. The molecule has 0 radical (unpaired) electrons. The second-order valence-corrected chi connectivity index (χ2v) is 11.1. The number of benzene rings is 3. The molecule has 7 nitrogen and oxygen atoms in total. The average molecular weight is 554 g/mol. The van der Waals surface area contributed by atoms with Crippen molar-refractivity contribution in [2.24, 2.45) is 0 Å². The minimum Gasteiger partial charge on any atom is -0.299 e. The lowest BCUT2D eigenvalue weighted by Gasteiger charge is -2.24. The third-order valence-electron chi connectivity index (χ3n) is 4.52. The first-order chi connectivity index (χ1) is 16.2. The van der Waals surface area contributed by atoms with Crippen molar-refractivity contribution in [2.45, 2.75) is 4.90 Å². The molecule has 0 aliphatic heterocycles. The van der Waals surface area contributed by atoms with Gasteiger partial charge in [0.1, 0.15) is 11.6 Å². The number of anilines is 2. The van der Waals surface area contributed by atoms with Crippen LogP contribution < -0.4 is 9.62 Å². The Bertz CT molecular complexity index is 1410. The number of amides is 1. The number of nitrogens with one attached hydrogen (secondary N) is 1. The van der Waals surface area contributed by atoms with Gasteiger partial charge in [-0.3, -0.25) is 14.4 Å². The quantitative estimate of drug-likeness (QED) is 0.303. The number of hydrogen-bond acceptors (Lipinski definition) is 6. The second-order valence-electron chi connectivity index (χ2n) is 6.92. The van der Waals surface area contributed by atoms with Gasteiger partial charge < -0.3 is 0 Å². The summed E-state index contributed by atoms with van der Waals surface area (Å²) in [5.41, 5.74) is 0.930. The molecule has 0 fully saturated rings. The van der Waals surface area contributed by atoms with Gasteiger partial charge in [-0.1, -0.05) is 76.5 Å². The van der Waals surface area contributed by atoms with Gasteiger partial charge in [0.2, 0.25) is 11.0 Å². The number of sulfonamides is 1. The number of hydrogen-bond donors (Lipinski definition) is 1. The van der Waals surface area contributed by atoms with Crippen LogP contribution in [0, 0.1) is 0 Å². The number of carbonyl (C=O) groups excluding carboxylic acids is 1. The zero-order valence-corrected chi connectivity index (χ0v) is 21.1. The predicted octanol–water partition coefficient (Wildman–Crippen LogP) is 6.00. The number of nitrogens with zero attached hydrogens (tertiary/aromatic N) is 3. The smallest absolute Gasteiger partial charge is 0.264 e. The summed E-state index contributed by atoms with van der Waals surface area (Å²) in [5, 5.41) is 12.5. The van der Waals surface area contributed by atoms with Crippen molar-refractivity contribution in [1.82, 2.24) is 10.2 Å². The molecule has 0 unspecified atom stereocenters. The van der Waals surface area contributed by atoms with Gasteiger partial charge in [-0.15, -0.1) is 10.2 Å². The predicted molar refractivity (Wildman–Crippen MR) is 136 cm³/mol. The van der Waals surface area contributed by atoms with E-state index < -0.39 is 22.5 Å². The van der Waals surface area contributed by atoms with Crippen molar-refractivity contribution in [3.63, 3.8) is 0 Å². The van der Waals surface area contributed by atoms with Gasteiger partial charge in [-0.05, 0) is 42.5 Å². The van der Waals surface area contributed by atoms with Gasteiger partial charge in [-0.2, -0.15) is 0 Å². The lowest BCUT2D eigenvalue weighted by molar-refractivity contribution is -0.114. The van der Waals surface area contributed by atoms with E-state index in [1.54, 1.807) is 42.5 Å². The molecular formula is C22H15Cl3N4O3S2. The van der Waals surface area contributed by atoms with Gasteiger partial charge >= 0.3 is 0 Å². The molecule has 0 saturated heterocycles. The normalized spacial score (nSPS) is 11.3. The van der Waals surface area contributed by atoms with Gasteiger partial charge in [0, 0.05) is 20.6 Å². The first-order valence-corrected chi connectivity index (χ1v) is 13.0. The monoisotopic (exact) mass is 552 g/mol. The van der Waals surface area contributed by atoms with Gasteiger partial charge in [0.15, 0.2) is 0 Å². The van der Waals surface area contributed by atoms with Crippen LogP contribution in [-0.4, -0.2) is 31.1 Å². The molecule has 1 heterocycles. The zero-order chi connectivity index (χ0) is 24.3. The van der Waals surface area contributed by atoms with E-state index in [1.165, 1.54) is 30.3 Å². The van der Waals surface area contributed by atoms with Gasteiger partial charge in [-0.25, -0.2) is 8.42 Å². The van der Waals surface area contributed by atoms with E-state index in [9.17, 15) is 13.2 Å². The summed E-state index contributed by atoms with van der Waals surface area (Å²) in [5.74, 6) is -0.616. The summed E-state index contributed by atoms with van der Waals surface area (Å²) in [6.07, 6.45) is 0. The van der Waals surface area contributed by atoms with Crippen molar-refractivity contribution in [2.75, 3.05) is 16.2 Å². The highest BCUT2D eigenvalue weighted by molar-refractivity contribution is 7.92. The molecule has 4 rings (SSSR count). The second kappa shape index (κ2) is 10.3. The highest BCUT2D eigenvalue weighted by atomic mass is 35.5. The average Bonchev–Trinajstić information content (AvgIpc) is 3.26. The Morgan fingerprint density at radius 3 is 2.18 bits per heavy atom. The molecule has 0 atom stereocenters. The highest BCUT2D eigenvalue weighted by Crippen LogP contribution is 2.30. The molecule has 1 amide bonds. The van der Waals surface area contributed by atoms with Crippen LogP contribution in [0.5, 0.6) is 0 Å². The van der Waals surface area contributed by atoms with E-state index in [2.05, 4.69) is 15.5 Å². The molecule has 12 heteroatoms. The molecular weight excluding hydrogens is 539 g/mol. The molecule has 174 valence electrons. The first-order valence-electron chi connectivity index (χ1n) is 9.65. The van der Waals surface area contributed by atoms with E-state index in [0.717, 1.165) is 21.2 Å². The Morgan fingerprint density at radius 2 is 1.53 bits per heavy atom. The molecule has 4 aromatic rings. The van der Waals surface area contributed by atoms with Crippen LogP contribution in [0.4, 0.5) is 10.8 Å². The zero-order valence-electron chi connectivity index (χ0n) is 17.2. The van der Waals surface area contributed by atoms with E-state index >= 15 is 0 Å². The highest BCUT2D eigenvalue weighted by Gasteiger charge is 2.28. The Morgan fingerprint density at radius 1 is 0.882 bits per heavy atom. The Labute approximate surface area is 215 Å². The Balaban J connectivity index is 1.60. The summed E-state index contributed by atoms with van der Waals surface area (Å²) >= 11 is 19.2. The number of rotatable bonds is 7. The van der Waals surface area contributed by atoms with Crippen LogP contribution in [0.1, 0.15) is 0 Å². The lowest BCUT2D eigenvalue weighted by atomic mass is 10.2. The Kier molecular flexibility index (Phi) is 7.39. The maximum Gasteiger partial charge on any atom is 0.264 e. The standard InChI is InChI=1S/C22H15Cl3N4O3S2/c23-15-8-6-14(7-9-15)21-27-28-22(33-21)26-20(30)13-29(18-11-16(24)10-17(25)12-18)34(31,32)19-4-2-1-3-5-19/h1-12H,13H2,(H,26,28,30). The molecule has 0 aliphatic rings. The van der Waals surface area contributed by atoms with E-state index in [1.807, 2.05) is 0 Å². The van der Waals surface area contributed by atoms with Crippen LogP contribution >= 0.6 is 46.1 Å². The Hall–Kier alpha value is -2.69. The summed E-state index contributed by atoms with van der Waals surface area (Å²) in [6.45, 7) is -0.538. The SMILES string of the molecule is O=C(CN(c1cc(Cl)cc(Cl)c1)S(=O)(=O)c1ccccc1)Nc1nnc(-c2ccc(Cl)cc2)s1.